The summed E-state index contributed by atoms with van der Waals surface area (Å²) in [6.07, 6.45) is 1.53. The zero-order chi connectivity index (χ0) is 14.7. The molecule has 21 heavy (non-hydrogen) atoms. The van der Waals surface area contributed by atoms with Gasteiger partial charge in [-0.2, -0.15) is 10.2 Å². The van der Waals surface area contributed by atoms with Crippen LogP contribution in [0, 0.1) is 11.3 Å². The van der Waals surface area contributed by atoms with Crippen LogP contribution in [0.3, 0.4) is 0 Å². The van der Waals surface area contributed by atoms with Gasteiger partial charge in [0, 0.05) is 0 Å². The molecule has 1 aromatic carbocycles. The molecule has 6 nitrogen and oxygen atoms in total. The molecule has 0 unspecified atom stereocenters. The molecule has 104 valence electrons. The second-order valence-corrected chi connectivity index (χ2v) is 4.44. The molecule has 0 saturated carbocycles. The van der Waals surface area contributed by atoms with Gasteiger partial charge in [0.25, 0.3) is 5.89 Å². The van der Waals surface area contributed by atoms with Crippen LogP contribution in [0.1, 0.15) is 11.5 Å². The maximum absolute atomic E-state index is 8.76. The molecule has 2 aromatic heterocycles. The van der Waals surface area contributed by atoms with Crippen molar-refractivity contribution in [3.63, 3.8) is 0 Å². The third-order valence-corrected chi connectivity index (χ3v) is 2.92. The molecule has 0 aliphatic heterocycles. The van der Waals surface area contributed by atoms with Gasteiger partial charge in [0.1, 0.15) is 5.75 Å². The lowest BCUT2D eigenvalue weighted by Gasteiger charge is -2.05. The number of ether oxygens (including phenoxy) is 1. The molecule has 3 rings (SSSR count). The van der Waals surface area contributed by atoms with Gasteiger partial charge in [-0.05, 0) is 30.3 Å². The average molecular weight is 302 g/mol. The molecule has 0 spiro atoms. The van der Waals surface area contributed by atoms with E-state index in [1.165, 1.54) is 12.3 Å². The number of halogens is 1. The molecular weight excluding hydrogens is 294 g/mol. The predicted octanol–water partition coefficient (Wildman–Crippen LogP) is 3.43. The lowest BCUT2D eigenvalue weighted by molar-refractivity contribution is 0.243. The molecule has 0 aliphatic carbocycles. The van der Waals surface area contributed by atoms with E-state index in [2.05, 4.69) is 10.1 Å². The average Bonchev–Trinajstić information content (AvgIpc) is 3.16. The zero-order valence-electron chi connectivity index (χ0n) is 10.6. The van der Waals surface area contributed by atoms with Crippen molar-refractivity contribution in [2.45, 2.75) is 6.61 Å². The molecule has 0 saturated heterocycles. The lowest BCUT2D eigenvalue weighted by Crippen LogP contribution is -1.96. The third-order valence-electron chi connectivity index (χ3n) is 2.62. The summed E-state index contributed by atoms with van der Waals surface area (Å²) >= 11 is 6.00. The van der Waals surface area contributed by atoms with E-state index >= 15 is 0 Å². The van der Waals surface area contributed by atoms with Crippen LogP contribution in [-0.4, -0.2) is 10.1 Å². The van der Waals surface area contributed by atoms with Gasteiger partial charge in [0.15, 0.2) is 12.4 Å². The summed E-state index contributed by atoms with van der Waals surface area (Å²) < 4.78 is 15.7. The number of benzene rings is 1. The maximum Gasteiger partial charge on any atom is 0.264 e. The fraction of sp³-hybridized carbons (Fsp3) is 0.0714. The van der Waals surface area contributed by atoms with Crippen molar-refractivity contribution in [1.29, 1.82) is 5.26 Å². The molecule has 0 atom stereocenters. The molecule has 0 amide bonds. The van der Waals surface area contributed by atoms with Gasteiger partial charge in [-0.15, -0.1) is 0 Å². The number of furan rings is 1. The highest BCUT2D eigenvalue weighted by Crippen LogP contribution is 2.26. The first-order chi connectivity index (χ1) is 10.3. The summed E-state index contributed by atoms with van der Waals surface area (Å²) in [5.74, 6) is 1.60. The molecule has 0 bridgehead atoms. The van der Waals surface area contributed by atoms with Crippen LogP contribution in [0.15, 0.2) is 45.5 Å². The SMILES string of the molecule is N#Cc1ccc(OCc2nc(-c3ccco3)no2)c(Cl)c1. The van der Waals surface area contributed by atoms with Crippen molar-refractivity contribution in [3.8, 4) is 23.4 Å². The number of aromatic nitrogens is 2. The fourth-order valence-corrected chi connectivity index (χ4v) is 1.88. The summed E-state index contributed by atoms with van der Waals surface area (Å²) in [4.78, 5) is 4.14. The maximum atomic E-state index is 8.76. The van der Waals surface area contributed by atoms with Gasteiger partial charge in [0.05, 0.1) is 22.9 Å². The minimum atomic E-state index is 0.0688. The summed E-state index contributed by atoms with van der Waals surface area (Å²) in [5, 5.41) is 12.9. The van der Waals surface area contributed by atoms with Crippen molar-refractivity contribution in [2.24, 2.45) is 0 Å². The monoisotopic (exact) mass is 301 g/mol. The van der Waals surface area contributed by atoms with Gasteiger partial charge in [-0.25, -0.2) is 0 Å². The Labute approximate surface area is 124 Å². The second kappa shape index (κ2) is 5.69. The van der Waals surface area contributed by atoms with Crippen LogP contribution in [-0.2, 0) is 6.61 Å². The minimum absolute atomic E-state index is 0.0688. The smallest absolute Gasteiger partial charge is 0.264 e. The standard InChI is InChI=1S/C14H8ClN3O3/c15-10-6-9(7-16)3-4-11(10)20-8-13-17-14(18-21-13)12-2-1-5-19-12/h1-6H,8H2. The largest absolute Gasteiger partial charge is 0.482 e. The van der Waals surface area contributed by atoms with Crippen LogP contribution in [0.25, 0.3) is 11.6 Å². The molecule has 0 radical (unpaired) electrons. The molecule has 7 heteroatoms. The molecule has 0 N–H and O–H groups in total. The fourth-order valence-electron chi connectivity index (χ4n) is 1.65. The molecule has 0 fully saturated rings. The highest BCUT2D eigenvalue weighted by molar-refractivity contribution is 6.32. The number of nitrogens with zero attached hydrogens (tertiary/aromatic N) is 3. The van der Waals surface area contributed by atoms with Crippen LogP contribution in [0.4, 0.5) is 0 Å². The van der Waals surface area contributed by atoms with E-state index in [1.807, 2.05) is 6.07 Å². The van der Waals surface area contributed by atoms with Gasteiger partial charge >= 0.3 is 0 Å². The van der Waals surface area contributed by atoms with E-state index in [9.17, 15) is 0 Å². The van der Waals surface area contributed by atoms with Crippen LogP contribution >= 0.6 is 11.6 Å². The van der Waals surface area contributed by atoms with E-state index in [0.717, 1.165) is 0 Å². The van der Waals surface area contributed by atoms with Crippen LogP contribution in [0.2, 0.25) is 5.02 Å². The zero-order valence-corrected chi connectivity index (χ0v) is 11.4. The molecule has 2 heterocycles. The van der Waals surface area contributed by atoms with E-state index in [0.29, 0.717) is 33.8 Å². The Bertz CT molecular complexity index is 790. The van der Waals surface area contributed by atoms with E-state index in [4.69, 9.17) is 30.5 Å². The number of hydrogen-bond acceptors (Lipinski definition) is 6. The minimum Gasteiger partial charge on any atom is -0.482 e. The summed E-state index contributed by atoms with van der Waals surface area (Å²) in [7, 11) is 0. The molecule has 3 aromatic rings. The predicted molar refractivity (Wildman–Crippen MR) is 72.5 cm³/mol. The summed E-state index contributed by atoms with van der Waals surface area (Å²) in [6, 6.07) is 10.2. The Balaban J connectivity index is 1.70. The normalized spacial score (nSPS) is 10.3. The van der Waals surface area contributed by atoms with Gasteiger partial charge in [-0.1, -0.05) is 16.8 Å². The second-order valence-electron chi connectivity index (χ2n) is 4.03. The Morgan fingerprint density at radius 3 is 2.95 bits per heavy atom. The third kappa shape index (κ3) is 2.88. The molecule has 0 aliphatic rings. The van der Waals surface area contributed by atoms with Crippen molar-refractivity contribution < 1.29 is 13.7 Å². The summed E-state index contributed by atoms with van der Waals surface area (Å²) in [5.41, 5.74) is 0.463. The van der Waals surface area contributed by atoms with Crippen molar-refractivity contribution in [1.82, 2.24) is 10.1 Å². The number of nitriles is 1. The van der Waals surface area contributed by atoms with Gasteiger partial charge < -0.3 is 13.7 Å². The molecular formula is C14H8ClN3O3. The Kier molecular flexibility index (Phi) is 3.58. The Hall–Kier alpha value is -2.78. The Morgan fingerprint density at radius 2 is 2.24 bits per heavy atom. The highest BCUT2D eigenvalue weighted by Gasteiger charge is 2.12. The summed E-state index contributed by atoms with van der Waals surface area (Å²) in [6.45, 7) is 0.0688. The highest BCUT2D eigenvalue weighted by atomic mass is 35.5. The van der Waals surface area contributed by atoms with E-state index < -0.39 is 0 Å². The quantitative estimate of drug-likeness (QED) is 0.734. The lowest BCUT2D eigenvalue weighted by atomic mass is 10.2. The Morgan fingerprint density at radius 1 is 1.33 bits per heavy atom. The van der Waals surface area contributed by atoms with Gasteiger partial charge in [0.2, 0.25) is 5.82 Å². The number of hydrogen-bond donors (Lipinski definition) is 0. The van der Waals surface area contributed by atoms with Gasteiger partial charge in [-0.3, -0.25) is 0 Å². The van der Waals surface area contributed by atoms with Crippen molar-refractivity contribution >= 4 is 11.6 Å². The van der Waals surface area contributed by atoms with Crippen molar-refractivity contribution in [3.05, 3.63) is 53.1 Å². The first-order valence-electron chi connectivity index (χ1n) is 5.95. The van der Waals surface area contributed by atoms with E-state index in [1.54, 1.807) is 24.3 Å². The first kappa shape index (κ1) is 13.2. The van der Waals surface area contributed by atoms with E-state index in [-0.39, 0.29) is 6.61 Å². The number of rotatable bonds is 4. The van der Waals surface area contributed by atoms with Crippen LogP contribution < -0.4 is 4.74 Å². The van der Waals surface area contributed by atoms with Crippen LogP contribution in [0.5, 0.6) is 5.75 Å². The van der Waals surface area contributed by atoms with Crippen molar-refractivity contribution in [2.75, 3.05) is 0 Å². The first-order valence-corrected chi connectivity index (χ1v) is 6.33. The topological polar surface area (TPSA) is 85.1 Å².